The third kappa shape index (κ3) is 8.50. The van der Waals surface area contributed by atoms with E-state index < -0.39 is 0 Å². The standard InChI is InChI=1S/2C24H27BrN4O4/c2*1-4-33-24(30)19-15-7-8-16(18(15)19)23-28-21(25)20-22(26-9-10-29(20)23)27-12-13-5-6-14(31-2)11-17(13)32-3/h2*5-6,9-11,15-16,18-19H,4,7-8,12H2,1-3H3,(H,26,27). The summed E-state index contributed by atoms with van der Waals surface area (Å²) in [5, 5.41) is 6.86. The van der Waals surface area contributed by atoms with Crippen LogP contribution in [0.3, 0.4) is 0 Å². The SMILES string of the molecule is CCOC(=O)C1C2CCC(c3nc(Br)c4c(NCc5ccc(OC)cc5OC)nccn34)C21.CCOC(=O)C1C2CCC(c3nc(Br)c4c(NCc5ccc(OC)cc5OC)nccn34)C21. The van der Waals surface area contributed by atoms with E-state index >= 15 is 0 Å². The zero-order chi connectivity index (χ0) is 46.2. The predicted octanol–water partition coefficient (Wildman–Crippen LogP) is 8.85. The minimum Gasteiger partial charge on any atom is -0.497 e. The molecule has 4 fully saturated rings. The normalized spacial score (nSPS) is 23.3. The Balaban J connectivity index is 0.000000166. The number of carbonyl (C=O) groups is 2. The van der Waals surface area contributed by atoms with Crippen molar-refractivity contribution in [2.24, 2.45) is 35.5 Å². The van der Waals surface area contributed by atoms with Crippen LogP contribution in [0.25, 0.3) is 11.0 Å². The smallest absolute Gasteiger partial charge is 0.309 e. The number of hydrogen-bond donors (Lipinski definition) is 2. The average molecular weight is 1030 g/mol. The van der Waals surface area contributed by atoms with Crippen LogP contribution in [0.2, 0.25) is 0 Å². The largest absolute Gasteiger partial charge is 0.497 e. The van der Waals surface area contributed by atoms with Gasteiger partial charge in [0.05, 0.1) is 53.5 Å². The van der Waals surface area contributed by atoms with Crippen molar-refractivity contribution in [1.82, 2.24) is 28.7 Å². The molecule has 2 N–H and O–H groups in total. The van der Waals surface area contributed by atoms with Gasteiger partial charge in [0.15, 0.2) is 11.6 Å². The van der Waals surface area contributed by atoms with E-state index in [4.69, 9.17) is 38.4 Å². The van der Waals surface area contributed by atoms with Crippen LogP contribution in [0.5, 0.6) is 23.0 Å². The number of nitrogens with one attached hydrogen (secondary N) is 2. The number of nitrogens with zero attached hydrogens (tertiary/aromatic N) is 6. The summed E-state index contributed by atoms with van der Waals surface area (Å²) >= 11 is 7.29. The van der Waals surface area contributed by atoms with Gasteiger partial charge in [0.25, 0.3) is 0 Å². The molecule has 348 valence electrons. The van der Waals surface area contributed by atoms with Gasteiger partial charge in [-0.3, -0.25) is 18.4 Å². The number of methoxy groups -OCH3 is 4. The highest BCUT2D eigenvalue weighted by atomic mass is 79.9. The number of benzene rings is 2. The molecule has 66 heavy (non-hydrogen) atoms. The van der Waals surface area contributed by atoms with E-state index in [1.807, 2.05) is 62.6 Å². The molecule has 16 nitrogen and oxygen atoms in total. The van der Waals surface area contributed by atoms with E-state index in [1.165, 1.54) is 0 Å². The summed E-state index contributed by atoms with van der Waals surface area (Å²) < 4.78 is 37.9. The first-order chi connectivity index (χ1) is 32.1. The first-order valence-electron chi connectivity index (χ1n) is 22.4. The van der Waals surface area contributed by atoms with Crippen LogP contribution in [0.4, 0.5) is 11.6 Å². The molecule has 6 aromatic rings. The van der Waals surface area contributed by atoms with Crippen LogP contribution in [0, 0.1) is 35.5 Å². The van der Waals surface area contributed by atoms with Crippen molar-refractivity contribution >= 4 is 66.5 Å². The maximum absolute atomic E-state index is 12.3. The number of rotatable bonds is 16. The lowest BCUT2D eigenvalue weighted by Crippen LogP contribution is -2.14. The molecule has 0 aliphatic heterocycles. The summed E-state index contributed by atoms with van der Waals surface area (Å²) in [6, 6.07) is 11.5. The second-order valence-electron chi connectivity index (χ2n) is 17.0. The van der Waals surface area contributed by atoms with E-state index in [1.54, 1.807) is 40.8 Å². The number of ether oxygens (including phenoxy) is 6. The molecule has 0 amide bonds. The molecule has 8 atom stereocenters. The fourth-order valence-corrected chi connectivity index (χ4v) is 11.8. The quantitative estimate of drug-likeness (QED) is 0.0880. The molecule has 4 aromatic heterocycles. The lowest BCUT2D eigenvalue weighted by molar-refractivity contribution is -0.146. The van der Waals surface area contributed by atoms with Crippen LogP contribution in [0.15, 0.2) is 70.4 Å². The topological polar surface area (TPSA) is 174 Å². The number of anilines is 2. The number of halogens is 2. The minimum absolute atomic E-state index is 0.0109. The van der Waals surface area contributed by atoms with Crippen molar-refractivity contribution in [3.8, 4) is 23.0 Å². The Kier molecular flexibility index (Phi) is 13.3. The zero-order valence-electron chi connectivity index (χ0n) is 37.8. The Labute approximate surface area is 399 Å². The van der Waals surface area contributed by atoms with Crippen molar-refractivity contribution in [1.29, 1.82) is 0 Å². The highest BCUT2D eigenvalue weighted by molar-refractivity contribution is 9.10. The van der Waals surface area contributed by atoms with Gasteiger partial charge in [0, 0.05) is 73.0 Å². The lowest BCUT2D eigenvalue weighted by atomic mass is 9.99. The monoisotopic (exact) mass is 1030 g/mol. The number of carbonyl (C=O) groups excluding carboxylic acids is 2. The van der Waals surface area contributed by atoms with Gasteiger partial charge in [0.1, 0.15) is 54.9 Å². The van der Waals surface area contributed by atoms with Gasteiger partial charge in [-0.1, -0.05) is 0 Å². The fraction of sp³-hybridized carbons (Fsp3) is 0.458. The van der Waals surface area contributed by atoms with Gasteiger partial charge >= 0.3 is 11.9 Å². The first kappa shape index (κ1) is 45.5. The second-order valence-corrected chi connectivity index (χ2v) is 18.5. The van der Waals surface area contributed by atoms with Gasteiger partial charge in [0.2, 0.25) is 0 Å². The molecule has 4 heterocycles. The van der Waals surface area contributed by atoms with E-state index in [2.05, 4.69) is 61.3 Å². The number of aromatic nitrogens is 6. The molecule has 0 saturated heterocycles. The molecular weight excluding hydrogens is 976 g/mol. The first-order valence-corrected chi connectivity index (χ1v) is 24.0. The third-order valence-corrected chi connectivity index (χ3v) is 14.9. The molecule has 4 saturated carbocycles. The summed E-state index contributed by atoms with van der Waals surface area (Å²) in [5.41, 5.74) is 3.76. The molecule has 4 aliphatic carbocycles. The molecule has 18 heteroatoms. The molecule has 2 aromatic carbocycles. The van der Waals surface area contributed by atoms with Crippen LogP contribution < -0.4 is 29.6 Å². The molecule has 8 unspecified atom stereocenters. The minimum atomic E-state index is -0.0606. The molecular formula is C48H54Br2N8O8. The highest BCUT2D eigenvalue weighted by Gasteiger charge is 2.64. The van der Waals surface area contributed by atoms with Crippen LogP contribution in [-0.4, -0.2) is 82.3 Å². The Bertz CT molecular complexity index is 2580. The van der Waals surface area contributed by atoms with E-state index in [-0.39, 0.29) is 35.6 Å². The number of hydrogen-bond acceptors (Lipinski definition) is 14. The van der Waals surface area contributed by atoms with Crippen molar-refractivity contribution in [3.05, 3.63) is 93.2 Å². The average Bonchev–Trinajstić information content (AvgIpc) is 3.93. The third-order valence-electron chi connectivity index (χ3n) is 13.8. The summed E-state index contributed by atoms with van der Waals surface area (Å²) in [7, 11) is 6.56. The van der Waals surface area contributed by atoms with Crippen LogP contribution >= 0.6 is 31.9 Å². The van der Waals surface area contributed by atoms with Crippen molar-refractivity contribution in [2.45, 2.75) is 64.5 Å². The Hall–Kier alpha value is -5.62. The second kappa shape index (κ2) is 19.3. The molecule has 0 bridgehead atoms. The maximum atomic E-state index is 12.3. The Morgan fingerprint density at radius 3 is 1.44 bits per heavy atom. The van der Waals surface area contributed by atoms with Gasteiger partial charge in [-0.05, 0) is 119 Å². The number of esters is 2. The summed E-state index contributed by atoms with van der Waals surface area (Å²) in [6.07, 6.45) is 11.6. The lowest BCUT2D eigenvalue weighted by Gasteiger charge is -2.14. The zero-order valence-corrected chi connectivity index (χ0v) is 40.9. The maximum Gasteiger partial charge on any atom is 0.309 e. The summed E-state index contributed by atoms with van der Waals surface area (Å²) in [5.74, 6) is 8.24. The number of fused-ring (bicyclic) bond motifs is 4. The van der Waals surface area contributed by atoms with Crippen molar-refractivity contribution in [3.63, 3.8) is 0 Å². The Morgan fingerprint density at radius 1 is 0.636 bits per heavy atom. The highest BCUT2D eigenvalue weighted by Crippen LogP contribution is 2.65. The van der Waals surface area contributed by atoms with E-state index in [9.17, 15) is 9.59 Å². The summed E-state index contributed by atoms with van der Waals surface area (Å²) in [6.45, 7) is 5.64. The van der Waals surface area contributed by atoms with Crippen molar-refractivity contribution in [2.75, 3.05) is 52.3 Å². The summed E-state index contributed by atoms with van der Waals surface area (Å²) in [4.78, 5) is 43.5. The van der Waals surface area contributed by atoms with Crippen molar-refractivity contribution < 1.29 is 38.0 Å². The molecule has 0 spiro atoms. The fourth-order valence-electron chi connectivity index (χ4n) is 10.7. The number of imidazole rings is 2. The molecule has 4 aliphatic rings. The molecule has 10 rings (SSSR count). The van der Waals surface area contributed by atoms with Crippen LogP contribution in [-0.2, 0) is 32.2 Å². The predicted molar refractivity (Wildman–Crippen MR) is 253 cm³/mol. The Morgan fingerprint density at radius 2 is 1.06 bits per heavy atom. The molecule has 0 radical (unpaired) electrons. The van der Waals surface area contributed by atoms with Gasteiger partial charge in [-0.2, -0.15) is 0 Å². The van der Waals surface area contributed by atoms with Gasteiger partial charge in [-0.25, -0.2) is 19.9 Å². The van der Waals surface area contributed by atoms with E-state index in [0.29, 0.717) is 50.0 Å². The van der Waals surface area contributed by atoms with E-state index in [0.717, 1.165) is 103 Å². The van der Waals surface area contributed by atoms with Gasteiger partial charge in [-0.15, -0.1) is 0 Å². The van der Waals surface area contributed by atoms with Crippen LogP contribution in [0.1, 0.15) is 74.1 Å². The van der Waals surface area contributed by atoms with Gasteiger partial charge < -0.3 is 39.1 Å².